The van der Waals surface area contributed by atoms with E-state index in [1.807, 2.05) is 0 Å². The Morgan fingerprint density at radius 1 is 1.19 bits per heavy atom. The van der Waals surface area contributed by atoms with E-state index < -0.39 is 11.7 Å². The highest BCUT2D eigenvalue weighted by atomic mass is 35.5. The number of carbonyl (C=O) groups is 1. The fraction of sp³-hybridized carbons (Fsp3) is 0.462. The van der Waals surface area contributed by atoms with Crippen LogP contribution in [0.25, 0.3) is 0 Å². The summed E-state index contributed by atoms with van der Waals surface area (Å²) in [6, 6.07) is 2.52. The van der Waals surface area contributed by atoms with Crippen LogP contribution < -0.4 is 11.1 Å². The average molecular weight is 319 g/mol. The van der Waals surface area contributed by atoms with Crippen molar-refractivity contribution >= 4 is 17.5 Å². The van der Waals surface area contributed by atoms with Crippen LogP contribution in [0.5, 0.6) is 11.5 Å². The van der Waals surface area contributed by atoms with Crippen molar-refractivity contribution in [2.75, 3.05) is 39.5 Å². The predicted octanol–water partition coefficient (Wildman–Crippen LogP) is 0.473. The van der Waals surface area contributed by atoms with E-state index >= 15 is 0 Å². The quantitative estimate of drug-likeness (QED) is 0.389. The number of rotatable bonds is 9. The molecule has 0 unspecified atom stereocenters. The van der Waals surface area contributed by atoms with Crippen molar-refractivity contribution in [2.24, 2.45) is 5.73 Å². The summed E-state index contributed by atoms with van der Waals surface area (Å²) in [7, 11) is 0. The lowest BCUT2D eigenvalue weighted by molar-refractivity contribution is 0.0511. The Balaban J connectivity index is 2.27. The van der Waals surface area contributed by atoms with Crippen LogP contribution in [-0.2, 0) is 9.47 Å². The van der Waals surface area contributed by atoms with Crippen LogP contribution in [0.2, 0.25) is 5.02 Å². The SMILES string of the molecule is NCCOCCOCCNC(=O)c1ccc(O)c(O)c1Cl. The van der Waals surface area contributed by atoms with E-state index in [1.54, 1.807) is 0 Å². The number of hydrogen-bond donors (Lipinski definition) is 4. The summed E-state index contributed by atoms with van der Waals surface area (Å²) in [6.45, 7) is 2.42. The first-order valence-corrected chi connectivity index (χ1v) is 6.80. The second kappa shape index (κ2) is 9.41. The van der Waals surface area contributed by atoms with Gasteiger partial charge < -0.3 is 30.7 Å². The minimum Gasteiger partial charge on any atom is -0.504 e. The molecule has 0 atom stereocenters. The number of phenolic OH excluding ortho intramolecular Hbond substituents is 2. The number of hydrogen-bond acceptors (Lipinski definition) is 6. The average Bonchev–Trinajstić information content (AvgIpc) is 2.47. The summed E-state index contributed by atoms with van der Waals surface area (Å²) in [6.07, 6.45) is 0. The highest BCUT2D eigenvalue weighted by Gasteiger charge is 2.15. The van der Waals surface area contributed by atoms with Gasteiger partial charge in [0.25, 0.3) is 5.91 Å². The highest BCUT2D eigenvalue weighted by molar-refractivity contribution is 6.35. The number of phenols is 2. The van der Waals surface area contributed by atoms with Crippen LogP contribution in [0.4, 0.5) is 0 Å². The van der Waals surface area contributed by atoms with Crippen LogP contribution in [0.15, 0.2) is 12.1 Å². The lowest BCUT2D eigenvalue weighted by atomic mass is 10.2. The zero-order valence-electron chi connectivity index (χ0n) is 11.5. The molecule has 21 heavy (non-hydrogen) atoms. The molecule has 0 heterocycles. The van der Waals surface area contributed by atoms with E-state index in [-0.39, 0.29) is 22.9 Å². The molecule has 0 bridgehead atoms. The largest absolute Gasteiger partial charge is 0.504 e. The summed E-state index contributed by atoms with van der Waals surface area (Å²) in [5, 5.41) is 21.1. The van der Waals surface area contributed by atoms with E-state index in [1.165, 1.54) is 12.1 Å². The smallest absolute Gasteiger partial charge is 0.253 e. The topological polar surface area (TPSA) is 114 Å². The molecule has 0 aliphatic rings. The molecule has 5 N–H and O–H groups in total. The maximum absolute atomic E-state index is 11.8. The van der Waals surface area contributed by atoms with Crippen molar-refractivity contribution in [1.82, 2.24) is 5.32 Å². The second-order valence-corrected chi connectivity index (χ2v) is 4.44. The van der Waals surface area contributed by atoms with Gasteiger partial charge in [-0.2, -0.15) is 0 Å². The van der Waals surface area contributed by atoms with E-state index in [4.69, 9.17) is 26.8 Å². The van der Waals surface area contributed by atoms with Crippen molar-refractivity contribution in [2.45, 2.75) is 0 Å². The zero-order valence-corrected chi connectivity index (χ0v) is 12.2. The van der Waals surface area contributed by atoms with Crippen molar-refractivity contribution in [3.8, 4) is 11.5 Å². The van der Waals surface area contributed by atoms with Crippen LogP contribution in [0, 0.1) is 0 Å². The lowest BCUT2D eigenvalue weighted by Gasteiger charge is -2.09. The molecule has 0 fully saturated rings. The number of benzene rings is 1. The molecule has 0 spiro atoms. The summed E-state index contributed by atoms with van der Waals surface area (Å²) in [5.74, 6) is -1.35. The minimum absolute atomic E-state index is 0.0817. The standard InChI is InChI=1S/C13H19ClN2O5/c14-11-9(1-2-10(17)12(11)18)13(19)16-4-6-21-8-7-20-5-3-15/h1-2,17-18H,3-8,15H2,(H,16,19). The first-order chi connectivity index (χ1) is 10.1. The maximum Gasteiger partial charge on any atom is 0.253 e. The Morgan fingerprint density at radius 2 is 1.86 bits per heavy atom. The van der Waals surface area contributed by atoms with Crippen LogP contribution >= 0.6 is 11.6 Å². The van der Waals surface area contributed by atoms with Gasteiger partial charge in [0.1, 0.15) is 0 Å². The molecular weight excluding hydrogens is 300 g/mol. The number of nitrogens with one attached hydrogen (secondary N) is 1. The number of nitrogens with two attached hydrogens (primary N) is 1. The zero-order chi connectivity index (χ0) is 15.7. The summed E-state index contributed by atoms with van der Waals surface area (Å²) in [4.78, 5) is 11.8. The number of carbonyl (C=O) groups excluding carboxylic acids is 1. The fourth-order valence-electron chi connectivity index (χ4n) is 1.47. The Hall–Kier alpha value is -1.54. The molecule has 0 saturated heterocycles. The molecular formula is C13H19ClN2O5. The van der Waals surface area contributed by atoms with Gasteiger partial charge in [0.15, 0.2) is 11.5 Å². The van der Waals surface area contributed by atoms with Gasteiger partial charge in [-0.25, -0.2) is 0 Å². The molecule has 1 rings (SSSR count). The third-order valence-corrected chi connectivity index (χ3v) is 2.89. The van der Waals surface area contributed by atoms with Crippen molar-refractivity contribution in [3.05, 3.63) is 22.7 Å². The predicted molar refractivity (Wildman–Crippen MR) is 77.8 cm³/mol. The molecule has 0 aromatic heterocycles. The maximum atomic E-state index is 11.8. The summed E-state index contributed by atoms with van der Waals surface area (Å²) >= 11 is 5.78. The Labute approximate surface area is 127 Å². The van der Waals surface area contributed by atoms with E-state index in [2.05, 4.69) is 5.32 Å². The van der Waals surface area contributed by atoms with Gasteiger partial charge in [-0.15, -0.1) is 0 Å². The molecule has 0 aliphatic carbocycles. The van der Waals surface area contributed by atoms with Crippen molar-refractivity contribution in [1.29, 1.82) is 0 Å². The van der Waals surface area contributed by atoms with Gasteiger partial charge >= 0.3 is 0 Å². The number of ether oxygens (including phenoxy) is 2. The van der Waals surface area contributed by atoms with Gasteiger partial charge in [-0.05, 0) is 12.1 Å². The van der Waals surface area contributed by atoms with E-state index in [0.29, 0.717) is 33.0 Å². The fourth-order valence-corrected chi connectivity index (χ4v) is 1.71. The number of halogens is 1. The molecule has 8 heteroatoms. The highest BCUT2D eigenvalue weighted by Crippen LogP contribution is 2.35. The molecule has 1 amide bonds. The first kappa shape index (κ1) is 17.5. The van der Waals surface area contributed by atoms with Crippen LogP contribution in [0.3, 0.4) is 0 Å². The van der Waals surface area contributed by atoms with Gasteiger partial charge in [-0.1, -0.05) is 11.6 Å². The Kier molecular flexibility index (Phi) is 7.84. The normalized spacial score (nSPS) is 10.6. The Bertz CT molecular complexity index is 470. The third kappa shape index (κ3) is 5.76. The molecule has 1 aromatic rings. The minimum atomic E-state index is -0.516. The Morgan fingerprint density at radius 3 is 2.52 bits per heavy atom. The summed E-state index contributed by atoms with van der Waals surface area (Å²) in [5.41, 5.74) is 5.34. The molecule has 0 aliphatic heterocycles. The van der Waals surface area contributed by atoms with Gasteiger partial charge in [0.2, 0.25) is 0 Å². The summed E-state index contributed by atoms with van der Waals surface area (Å²) < 4.78 is 10.4. The number of aromatic hydroxyl groups is 2. The monoisotopic (exact) mass is 318 g/mol. The van der Waals surface area contributed by atoms with Crippen molar-refractivity contribution < 1.29 is 24.5 Å². The van der Waals surface area contributed by atoms with Gasteiger partial charge in [0, 0.05) is 13.1 Å². The number of amides is 1. The lowest BCUT2D eigenvalue weighted by Crippen LogP contribution is -2.28. The van der Waals surface area contributed by atoms with E-state index in [9.17, 15) is 15.0 Å². The van der Waals surface area contributed by atoms with E-state index in [0.717, 1.165) is 0 Å². The molecule has 0 saturated carbocycles. The van der Waals surface area contributed by atoms with Gasteiger partial charge in [-0.3, -0.25) is 4.79 Å². The second-order valence-electron chi connectivity index (χ2n) is 4.06. The molecule has 118 valence electrons. The van der Waals surface area contributed by atoms with Gasteiger partial charge in [0.05, 0.1) is 37.0 Å². The third-order valence-electron chi connectivity index (χ3n) is 2.51. The first-order valence-electron chi connectivity index (χ1n) is 6.42. The van der Waals surface area contributed by atoms with Crippen LogP contribution in [-0.4, -0.2) is 55.6 Å². The van der Waals surface area contributed by atoms with Crippen LogP contribution in [0.1, 0.15) is 10.4 Å². The van der Waals surface area contributed by atoms with Crippen molar-refractivity contribution in [3.63, 3.8) is 0 Å². The molecule has 0 radical (unpaired) electrons. The molecule has 7 nitrogen and oxygen atoms in total. The molecule has 1 aromatic carbocycles.